The van der Waals surface area contributed by atoms with E-state index in [0.717, 1.165) is 0 Å². The van der Waals surface area contributed by atoms with Crippen molar-refractivity contribution < 1.29 is 19.1 Å². The summed E-state index contributed by atoms with van der Waals surface area (Å²) in [7, 11) is 1.49. The van der Waals surface area contributed by atoms with E-state index < -0.39 is 17.9 Å². The molecule has 1 atom stereocenters. The first-order chi connectivity index (χ1) is 10.0. The minimum atomic E-state index is -0.778. The molecule has 0 aliphatic heterocycles. The lowest BCUT2D eigenvalue weighted by molar-refractivity contribution is -0.129. The van der Waals surface area contributed by atoms with Crippen LogP contribution in [0.15, 0.2) is 24.5 Å². The summed E-state index contributed by atoms with van der Waals surface area (Å²) < 4.78 is 4.87. The smallest absolute Gasteiger partial charge is 0.269 e. The van der Waals surface area contributed by atoms with Gasteiger partial charge in [0.2, 0.25) is 5.91 Å². The molecule has 0 bridgehead atoms. The molecule has 0 saturated heterocycles. The zero-order valence-corrected chi connectivity index (χ0v) is 11.9. The number of hydrogen-bond acceptors (Lipinski definition) is 5. The van der Waals surface area contributed by atoms with E-state index in [2.05, 4.69) is 21.2 Å². The van der Waals surface area contributed by atoms with E-state index >= 15 is 0 Å². The van der Waals surface area contributed by atoms with Gasteiger partial charge >= 0.3 is 0 Å². The molecule has 8 heteroatoms. The number of nitrogens with zero attached hydrogens (tertiary/aromatic N) is 1. The molecule has 3 amide bonds. The minimum absolute atomic E-state index is 0.299. The lowest BCUT2D eigenvalue weighted by atomic mass is 10.2. The number of aromatic nitrogens is 1. The molecule has 0 fully saturated rings. The first kappa shape index (κ1) is 16.6. The first-order valence-corrected chi connectivity index (χ1v) is 6.31. The highest BCUT2D eigenvalue weighted by molar-refractivity contribution is 5.96. The first-order valence-electron chi connectivity index (χ1n) is 6.31. The van der Waals surface area contributed by atoms with E-state index in [1.807, 2.05) is 0 Å². The summed E-state index contributed by atoms with van der Waals surface area (Å²) in [6.07, 6.45) is 3.23. The van der Waals surface area contributed by atoms with Gasteiger partial charge in [-0.05, 0) is 12.1 Å². The van der Waals surface area contributed by atoms with Crippen LogP contribution in [0.2, 0.25) is 0 Å². The van der Waals surface area contributed by atoms with E-state index in [1.165, 1.54) is 38.6 Å². The second-order valence-corrected chi connectivity index (χ2v) is 4.21. The van der Waals surface area contributed by atoms with Gasteiger partial charge in [-0.3, -0.25) is 30.2 Å². The molecule has 1 heterocycles. The van der Waals surface area contributed by atoms with Crippen LogP contribution in [0.3, 0.4) is 0 Å². The number of pyridine rings is 1. The number of rotatable bonds is 6. The van der Waals surface area contributed by atoms with Gasteiger partial charge in [-0.15, -0.1) is 0 Å². The Morgan fingerprint density at radius 2 is 1.90 bits per heavy atom. The number of carbonyl (C=O) groups is 3. The molecule has 1 aromatic heterocycles. The standard InChI is InChI=1S/C13H18N4O4/c1-9(18)15-11(5-8-21-2)13(20)17-16-12(19)10-3-6-14-7-4-10/h3-4,6-7,11H,5,8H2,1-2H3,(H,15,18)(H,16,19)(H,17,20). The average molecular weight is 294 g/mol. The van der Waals surface area contributed by atoms with E-state index in [4.69, 9.17) is 4.74 Å². The molecule has 0 saturated carbocycles. The molecule has 0 radical (unpaired) electrons. The van der Waals surface area contributed by atoms with Crippen LogP contribution in [0.25, 0.3) is 0 Å². The van der Waals surface area contributed by atoms with Gasteiger partial charge in [0.05, 0.1) is 0 Å². The van der Waals surface area contributed by atoms with Gasteiger partial charge < -0.3 is 10.1 Å². The van der Waals surface area contributed by atoms with Crippen LogP contribution >= 0.6 is 0 Å². The minimum Gasteiger partial charge on any atom is -0.385 e. The van der Waals surface area contributed by atoms with Crippen LogP contribution in [0.4, 0.5) is 0 Å². The third-order valence-corrected chi connectivity index (χ3v) is 2.55. The van der Waals surface area contributed by atoms with Crippen molar-refractivity contribution in [3.8, 4) is 0 Å². The highest BCUT2D eigenvalue weighted by Gasteiger charge is 2.19. The van der Waals surface area contributed by atoms with Gasteiger partial charge in [0, 0.05) is 45.0 Å². The number of hydrogen-bond donors (Lipinski definition) is 3. The molecular formula is C13H18N4O4. The fourth-order valence-corrected chi connectivity index (χ4v) is 1.53. The molecule has 1 unspecified atom stereocenters. The molecule has 21 heavy (non-hydrogen) atoms. The largest absolute Gasteiger partial charge is 0.385 e. The number of nitrogens with one attached hydrogen (secondary N) is 3. The van der Waals surface area contributed by atoms with Crippen LogP contribution in [-0.4, -0.2) is 42.5 Å². The van der Waals surface area contributed by atoms with Gasteiger partial charge in [0.1, 0.15) is 6.04 Å². The summed E-state index contributed by atoms with van der Waals surface area (Å²) in [6, 6.07) is 2.25. The van der Waals surface area contributed by atoms with Gasteiger partial charge in [-0.2, -0.15) is 0 Å². The van der Waals surface area contributed by atoms with Crippen LogP contribution in [0.1, 0.15) is 23.7 Å². The summed E-state index contributed by atoms with van der Waals surface area (Å²) >= 11 is 0. The van der Waals surface area contributed by atoms with Gasteiger partial charge in [0.15, 0.2) is 0 Å². The maximum atomic E-state index is 11.9. The van der Waals surface area contributed by atoms with Gasteiger partial charge in [-0.1, -0.05) is 0 Å². The SMILES string of the molecule is COCCC(NC(C)=O)C(=O)NNC(=O)c1ccncc1. The molecule has 114 valence electrons. The lowest BCUT2D eigenvalue weighted by Crippen LogP contribution is -2.52. The molecule has 0 spiro atoms. The Labute approximate surface area is 122 Å². The Balaban J connectivity index is 2.52. The molecule has 1 rings (SSSR count). The lowest BCUT2D eigenvalue weighted by Gasteiger charge is -2.17. The van der Waals surface area contributed by atoms with E-state index in [-0.39, 0.29) is 5.91 Å². The maximum absolute atomic E-state index is 11.9. The highest BCUT2D eigenvalue weighted by atomic mass is 16.5. The Morgan fingerprint density at radius 1 is 1.24 bits per heavy atom. The van der Waals surface area contributed by atoms with Crippen LogP contribution in [-0.2, 0) is 14.3 Å². The molecule has 3 N–H and O–H groups in total. The monoisotopic (exact) mass is 294 g/mol. The zero-order valence-electron chi connectivity index (χ0n) is 11.9. The van der Waals surface area contributed by atoms with Crippen molar-refractivity contribution in [2.75, 3.05) is 13.7 Å². The predicted octanol–water partition coefficient (Wildman–Crippen LogP) is -0.616. The van der Waals surface area contributed by atoms with Gasteiger partial charge in [-0.25, -0.2) is 0 Å². The van der Waals surface area contributed by atoms with E-state index in [1.54, 1.807) is 0 Å². The summed E-state index contributed by atoms with van der Waals surface area (Å²) in [5.41, 5.74) is 4.90. The Morgan fingerprint density at radius 3 is 2.48 bits per heavy atom. The summed E-state index contributed by atoms with van der Waals surface area (Å²) in [4.78, 5) is 38.5. The fraction of sp³-hybridized carbons (Fsp3) is 0.385. The van der Waals surface area contributed by atoms with Crippen LogP contribution in [0, 0.1) is 0 Å². The van der Waals surface area contributed by atoms with Crippen LogP contribution < -0.4 is 16.2 Å². The Bertz CT molecular complexity index is 492. The molecule has 0 aliphatic rings. The number of amides is 3. The third kappa shape index (κ3) is 6.00. The third-order valence-electron chi connectivity index (χ3n) is 2.55. The van der Waals surface area contributed by atoms with E-state index in [9.17, 15) is 14.4 Å². The van der Waals surface area contributed by atoms with Crippen molar-refractivity contribution in [3.63, 3.8) is 0 Å². The van der Waals surface area contributed by atoms with Crippen molar-refractivity contribution in [3.05, 3.63) is 30.1 Å². The molecule has 1 aromatic rings. The molecule has 0 aromatic carbocycles. The predicted molar refractivity (Wildman–Crippen MR) is 73.9 cm³/mol. The van der Waals surface area contributed by atoms with Crippen molar-refractivity contribution in [1.29, 1.82) is 0 Å². The number of ether oxygens (including phenoxy) is 1. The van der Waals surface area contributed by atoms with Gasteiger partial charge in [0.25, 0.3) is 11.8 Å². The second kappa shape index (κ2) is 8.64. The molecular weight excluding hydrogens is 276 g/mol. The van der Waals surface area contributed by atoms with Crippen molar-refractivity contribution >= 4 is 17.7 Å². The number of carbonyl (C=O) groups excluding carboxylic acids is 3. The highest BCUT2D eigenvalue weighted by Crippen LogP contribution is 1.96. The average Bonchev–Trinajstić information content (AvgIpc) is 2.49. The molecule has 8 nitrogen and oxygen atoms in total. The quantitative estimate of drug-likeness (QED) is 0.606. The second-order valence-electron chi connectivity index (χ2n) is 4.21. The zero-order chi connectivity index (χ0) is 15.7. The fourth-order valence-electron chi connectivity index (χ4n) is 1.53. The van der Waals surface area contributed by atoms with Crippen molar-refractivity contribution in [1.82, 2.24) is 21.2 Å². The maximum Gasteiger partial charge on any atom is 0.269 e. The number of hydrazine groups is 1. The summed E-state index contributed by atoms with van der Waals surface area (Å²) in [5.74, 6) is -1.34. The van der Waals surface area contributed by atoms with Crippen LogP contribution in [0.5, 0.6) is 0 Å². The van der Waals surface area contributed by atoms with E-state index in [0.29, 0.717) is 18.6 Å². The Hall–Kier alpha value is -2.48. The number of methoxy groups -OCH3 is 1. The Kier molecular flexibility index (Phi) is 6.82. The molecule has 0 aliphatic carbocycles. The normalized spacial score (nSPS) is 11.3. The van der Waals surface area contributed by atoms with Crippen molar-refractivity contribution in [2.24, 2.45) is 0 Å². The summed E-state index contributed by atoms with van der Waals surface area (Å²) in [6.45, 7) is 1.61. The topological polar surface area (TPSA) is 109 Å². The summed E-state index contributed by atoms with van der Waals surface area (Å²) in [5, 5.41) is 2.49. The van der Waals surface area contributed by atoms with Crippen molar-refractivity contribution in [2.45, 2.75) is 19.4 Å².